The van der Waals surface area contributed by atoms with E-state index in [1.165, 1.54) is 6.33 Å². The summed E-state index contributed by atoms with van der Waals surface area (Å²) in [6.07, 6.45) is 2.42. The minimum Gasteiger partial charge on any atom is -0.303 e. The fourth-order valence-corrected chi connectivity index (χ4v) is 2.27. The largest absolute Gasteiger partial charge is 0.303 e. The number of hydrogen-bond donors (Lipinski definition) is 0. The molecule has 0 saturated carbocycles. The Morgan fingerprint density at radius 2 is 2.22 bits per heavy atom. The Morgan fingerprint density at radius 3 is 2.94 bits per heavy atom. The van der Waals surface area contributed by atoms with Gasteiger partial charge in [0.1, 0.15) is 6.33 Å². The molecule has 0 bridgehead atoms. The third-order valence-corrected chi connectivity index (χ3v) is 3.43. The monoisotopic (exact) mass is 251 g/mol. The smallest absolute Gasteiger partial charge is 0.218 e. The van der Waals surface area contributed by atoms with E-state index in [9.17, 15) is 4.79 Å². The minimum atomic E-state index is -0.108. The summed E-state index contributed by atoms with van der Waals surface area (Å²) in [5, 5.41) is 4.12. The van der Waals surface area contributed by atoms with Crippen LogP contribution in [0.15, 0.2) is 6.33 Å². The molecule has 0 amide bonds. The van der Waals surface area contributed by atoms with Crippen LogP contribution in [0.4, 0.5) is 0 Å². The second kappa shape index (κ2) is 5.58. The van der Waals surface area contributed by atoms with Crippen LogP contribution in [0.1, 0.15) is 24.0 Å². The molecule has 18 heavy (non-hydrogen) atoms. The molecule has 1 aromatic rings. The number of Topliss-reactive ketones (excluding diaryl/α,β-unsaturated/α-hetero) is 1. The van der Waals surface area contributed by atoms with Gasteiger partial charge in [-0.15, -0.1) is 0 Å². The highest BCUT2D eigenvalue weighted by Crippen LogP contribution is 2.11. The Morgan fingerprint density at radius 1 is 1.44 bits per heavy atom. The van der Waals surface area contributed by atoms with Crippen molar-refractivity contribution in [2.24, 2.45) is 0 Å². The normalized spacial score (nSPS) is 22.3. The number of likely N-dealkylation sites (N-methyl/N-ethyl adjacent to an activating group) is 2. The number of aromatic nitrogens is 3. The van der Waals surface area contributed by atoms with E-state index in [0.29, 0.717) is 5.82 Å². The molecule has 6 heteroatoms. The van der Waals surface area contributed by atoms with E-state index in [-0.39, 0.29) is 11.8 Å². The summed E-state index contributed by atoms with van der Waals surface area (Å²) in [4.78, 5) is 20.9. The van der Waals surface area contributed by atoms with Crippen LogP contribution >= 0.6 is 0 Å². The number of ketones is 1. The van der Waals surface area contributed by atoms with Gasteiger partial charge in [0.2, 0.25) is 5.78 Å². The van der Waals surface area contributed by atoms with Gasteiger partial charge in [0.05, 0.1) is 6.04 Å². The fourth-order valence-electron chi connectivity index (χ4n) is 2.27. The number of aryl methyl sites for hydroxylation is 1. The Hall–Kier alpha value is -1.27. The number of rotatable bonds is 4. The molecule has 100 valence electrons. The zero-order valence-corrected chi connectivity index (χ0v) is 11.3. The SMILES string of the molecule is CCCn1ncnc1C(=O)C1CN(C)CCN1C. The highest BCUT2D eigenvalue weighted by molar-refractivity contribution is 5.97. The zero-order valence-electron chi connectivity index (χ0n) is 11.3. The van der Waals surface area contributed by atoms with Gasteiger partial charge in [-0.2, -0.15) is 5.10 Å². The first-order valence-electron chi connectivity index (χ1n) is 6.44. The third kappa shape index (κ3) is 2.59. The lowest BCUT2D eigenvalue weighted by Gasteiger charge is -2.36. The zero-order chi connectivity index (χ0) is 13.1. The van der Waals surface area contributed by atoms with Crippen molar-refractivity contribution in [1.29, 1.82) is 0 Å². The van der Waals surface area contributed by atoms with Crippen molar-refractivity contribution >= 4 is 5.78 Å². The van der Waals surface area contributed by atoms with Crippen molar-refractivity contribution in [3.8, 4) is 0 Å². The van der Waals surface area contributed by atoms with Gasteiger partial charge in [-0.1, -0.05) is 6.92 Å². The van der Waals surface area contributed by atoms with Crippen LogP contribution < -0.4 is 0 Å². The fraction of sp³-hybridized carbons (Fsp3) is 0.750. The number of carbonyl (C=O) groups is 1. The Balaban J connectivity index is 2.16. The molecule has 1 aromatic heterocycles. The predicted molar refractivity (Wildman–Crippen MR) is 68.6 cm³/mol. The van der Waals surface area contributed by atoms with Gasteiger partial charge >= 0.3 is 0 Å². The van der Waals surface area contributed by atoms with E-state index in [0.717, 1.165) is 32.6 Å². The topological polar surface area (TPSA) is 54.3 Å². The van der Waals surface area contributed by atoms with Crippen molar-refractivity contribution < 1.29 is 4.79 Å². The van der Waals surface area contributed by atoms with Crippen LogP contribution in [0.3, 0.4) is 0 Å². The molecule has 1 unspecified atom stereocenters. The van der Waals surface area contributed by atoms with Crippen molar-refractivity contribution in [2.45, 2.75) is 25.9 Å². The Kier molecular flexibility index (Phi) is 4.08. The highest BCUT2D eigenvalue weighted by Gasteiger charge is 2.31. The van der Waals surface area contributed by atoms with Gasteiger partial charge in [0, 0.05) is 26.2 Å². The summed E-state index contributed by atoms with van der Waals surface area (Å²) in [6.45, 7) is 5.48. The van der Waals surface area contributed by atoms with Gasteiger partial charge in [0.25, 0.3) is 0 Å². The first kappa shape index (κ1) is 13.2. The molecule has 1 saturated heterocycles. The quantitative estimate of drug-likeness (QED) is 0.711. The Labute approximate surface area is 108 Å². The van der Waals surface area contributed by atoms with Gasteiger partial charge < -0.3 is 4.90 Å². The van der Waals surface area contributed by atoms with Crippen LogP contribution in [-0.4, -0.2) is 70.1 Å². The lowest BCUT2D eigenvalue weighted by molar-refractivity contribution is 0.0670. The van der Waals surface area contributed by atoms with Crippen molar-refractivity contribution in [3.05, 3.63) is 12.2 Å². The summed E-state index contributed by atoms with van der Waals surface area (Å²) in [5.74, 6) is 0.569. The van der Waals surface area contributed by atoms with Gasteiger partial charge in [-0.25, -0.2) is 9.67 Å². The molecular formula is C12H21N5O. The Bertz CT molecular complexity index is 416. The van der Waals surface area contributed by atoms with Crippen LogP contribution in [0.5, 0.6) is 0 Å². The van der Waals surface area contributed by atoms with Crippen molar-refractivity contribution in [2.75, 3.05) is 33.7 Å². The molecule has 2 heterocycles. The lowest BCUT2D eigenvalue weighted by atomic mass is 10.1. The molecule has 0 N–H and O–H groups in total. The summed E-state index contributed by atoms with van der Waals surface area (Å²) < 4.78 is 1.71. The van der Waals surface area contributed by atoms with Crippen LogP contribution in [0.2, 0.25) is 0 Å². The molecule has 1 aliphatic rings. The van der Waals surface area contributed by atoms with Crippen LogP contribution in [0, 0.1) is 0 Å². The summed E-state index contributed by atoms with van der Waals surface area (Å²) in [7, 11) is 4.04. The van der Waals surface area contributed by atoms with Gasteiger partial charge in [-0.05, 0) is 20.5 Å². The molecular weight excluding hydrogens is 230 g/mol. The average molecular weight is 251 g/mol. The second-order valence-corrected chi connectivity index (χ2v) is 4.93. The van der Waals surface area contributed by atoms with Crippen molar-refractivity contribution in [1.82, 2.24) is 24.6 Å². The third-order valence-electron chi connectivity index (χ3n) is 3.43. The van der Waals surface area contributed by atoms with Gasteiger partial charge in [0.15, 0.2) is 5.82 Å². The number of piperazine rings is 1. The standard InChI is InChI=1S/C12H21N5O/c1-4-5-17-12(13-9-14-17)11(18)10-8-15(2)6-7-16(10)3/h9-10H,4-8H2,1-3H3. The predicted octanol–water partition coefficient (Wildman–Crippen LogP) is 0.117. The van der Waals surface area contributed by atoms with E-state index >= 15 is 0 Å². The molecule has 0 aliphatic carbocycles. The number of nitrogens with zero attached hydrogens (tertiary/aromatic N) is 5. The van der Waals surface area contributed by atoms with E-state index < -0.39 is 0 Å². The van der Waals surface area contributed by atoms with Gasteiger partial charge in [-0.3, -0.25) is 9.69 Å². The summed E-state index contributed by atoms with van der Waals surface area (Å²) >= 11 is 0. The maximum absolute atomic E-state index is 12.5. The minimum absolute atomic E-state index is 0.0787. The highest BCUT2D eigenvalue weighted by atomic mass is 16.1. The molecule has 1 aliphatic heterocycles. The van der Waals surface area contributed by atoms with E-state index in [1.807, 2.05) is 14.1 Å². The average Bonchev–Trinajstić information content (AvgIpc) is 2.80. The van der Waals surface area contributed by atoms with Crippen molar-refractivity contribution in [3.63, 3.8) is 0 Å². The maximum atomic E-state index is 12.5. The first-order chi connectivity index (χ1) is 8.63. The van der Waals surface area contributed by atoms with Crippen LogP contribution in [0.25, 0.3) is 0 Å². The van der Waals surface area contributed by atoms with E-state index in [1.54, 1.807) is 4.68 Å². The van der Waals surface area contributed by atoms with E-state index in [2.05, 4.69) is 26.8 Å². The molecule has 2 rings (SSSR count). The number of carbonyl (C=O) groups excluding carboxylic acids is 1. The maximum Gasteiger partial charge on any atom is 0.218 e. The first-order valence-corrected chi connectivity index (χ1v) is 6.44. The second-order valence-electron chi connectivity index (χ2n) is 4.93. The summed E-state index contributed by atoms with van der Waals surface area (Å²) in [6, 6.07) is -0.108. The molecule has 0 spiro atoms. The van der Waals surface area contributed by atoms with E-state index in [4.69, 9.17) is 0 Å². The number of hydrogen-bond acceptors (Lipinski definition) is 5. The lowest BCUT2D eigenvalue weighted by Crippen LogP contribution is -2.54. The molecule has 0 aromatic carbocycles. The molecule has 6 nitrogen and oxygen atoms in total. The summed E-state index contributed by atoms with van der Waals surface area (Å²) in [5.41, 5.74) is 0. The van der Waals surface area contributed by atoms with Crippen LogP contribution in [-0.2, 0) is 6.54 Å². The molecule has 1 atom stereocenters. The molecule has 0 radical (unpaired) electrons. The molecule has 1 fully saturated rings.